The lowest BCUT2D eigenvalue weighted by atomic mass is 9.89. The normalized spacial score (nSPS) is 21.8. The molecular formula is C25H37NO. The first-order valence-electron chi connectivity index (χ1n) is 10.9. The Morgan fingerprint density at radius 2 is 1.78 bits per heavy atom. The van der Waals surface area contributed by atoms with E-state index in [0.717, 1.165) is 25.2 Å². The van der Waals surface area contributed by atoms with Crippen LogP contribution in [0, 0.1) is 6.92 Å². The topological polar surface area (TPSA) is 12.5 Å². The lowest BCUT2D eigenvalue weighted by Gasteiger charge is -2.32. The molecule has 2 heteroatoms. The van der Waals surface area contributed by atoms with Crippen LogP contribution in [-0.4, -0.2) is 31.6 Å². The first-order chi connectivity index (χ1) is 13.2. The minimum Gasteiger partial charge on any atom is -0.501 e. The van der Waals surface area contributed by atoms with Gasteiger partial charge >= 0.3 is 0 Å². The van der Waals surface area contributed by atoms with Crippen LogP contribution < -0.4 is 0 Å². The highest BCUT2D eigenvalue weighted by atomic mass is 16.5. The number of ether oxygens (including phenoxy) is 1. The number of benzene rings is 1. The number of piperidine rings is 1. The summed E-state index contributed by atoms with van der Waals surface area (Å²) in [4.78, 5) is 2.64. The maximum Gasteiger partial charge on any atom is 0.0990 e. The summed E-state index contributed by atoms with van der Waals surface area (Å²) >= 11 is 0. The number of hydrogen-bond acceptors (Lipinski definition) is 2. The summed E-state index contributed by atoms with van der Waals surface area (Å²) in [6, 6.07) is 9.16. The van der Waals surface area contributed by atoms with Crippen LogP contribution in [0.2, 0.25) is 0 Å². The Kier molecular flexibility index (Phi) is 7.58. The number of allylic oxidation sites excluding steroid dienone is 3. The summed E-state index contributed by atoms with van der Waals surface area (Å²) < 4.78 is 5.79. The van der Waals surface area contributed by atoms with E-state index >= 15 is 0 Å². The number of rotatable bonds is 6. The average Bonchev–Trinajstić information content (AvgIpc) is 2.91. The standard InChI is InChI=1S/C25H37NO/c1-20-11-13-22(14-12-20)23-15-18-26(19-16-23)17-7-10-25(27-3)24-9-6-4-5-8-21(24)2/h11-14,23H,2,4-10,15-19H2,1,3H3/b25-24-. The largest absolute Gasteiger partial charge is 0.501 e. The fraction of sp³-hybridized carbons (Fsp3) is 0.600. The van der Waals surface area contributed by atoms with E-state index in [4.69, 9.17) is 4.74 Å². The Balaban J connectivity index is 1.45. The van der Waals surface area contributed by atoms with Gasteiger partial charge in [0.15, 0.2) is 0 Å². The molecule has 148 valence electrons. The van der Waals surface area contributed by atoms with Crippen molar-refractivity contribution in [2.75, 3.05) is 26.7 Å². The van der Waals surface area contributed by atoms with E-state index in [2.05, 4.69) is 42.7 Å². The number of nitrogens with zero attached hydrogens (tertiary/aromatic N) is 1. The van der Waals surface area contributed by atoms with Crippen molar-refractivity contribution < 1.29 is 4.74 Å². The van der Waals surface area contributed by atoms with Crippen LogP contribution >= 0.6 is 0 Å². The van der Waals surface area contributed by atoms with E-state index in [1.165, 1.54) is 86.2 Å². The Hall–Kier alpha value is -1.54. The van der Waals surface area contributed by atoms with Crippen LogP contribution in [0.1, 0.15) is 74.8 Å². The highest BCUT2D eigenvalue weighted by Crippen LogP contribution is 2.31. The third-order valence-corrected chi connectivity index (χ3v) is 6.43. The number of methoxy groups -OCH3 is 1. The molecule has 0 unspecified atom stereocenters. The molecule has 0 radical (unpaired) electrons. The summed E-state index contributed by atoms with van der Waals surface area (Å²) in [5, 5.41) is 0. The summed E-state index contributed by atoms with van der Waals surface area (Å²) in [6.07, 6.45) is 11.0. The van der Waals surface area contributed by atoms with Crippen LogP contribution in [0.25, 0.3) is 0 Å². The van der Waals surface area contributed by atoms with E-state index < -0.39 is 0 Å². The Labute approximate surface area is 166 Å². The minimum atomic E-state index is 0.743. The number of hydrogen-bond donors (Lipinski definition) is 0. The maximum absolute atomic E-state index is 5.79. The molecule has 1 aliphatic heterocycles. The van der Waals surface area contributed by atoms with Gasteiger partial charge in [0.05, 0.1) is 12.9 Å². The van der Waals surface area contributed by atoms with Crippen molar-refractivity contribution in [3.63, 3.8) is 0 Å². The van der Waals surface area contributed by atoms with Gasteiger partial charge in [-0.2, -0.15) is 0 Å². The molecule has 0 amide bonds. The molecule has 0 aromatic heterocycles. The first kappa shape index (κ1) is 20.2. The lowest BCUT2D eigenvalue weighted by molar-refractivity contribution is 0.202. The number of aryl methyl sites for hydroxylation is 1. The van der Waals surface area contributed by atoms with Gasteiger partial charge < -0.3 is 9.64 Å². The second-order valence-electron chi connectivity index (χ2n) is 8.40. The second kappa shape index (κ2) is 10.1. The third-order valence-electron chi connectivity index (χ3n) is 6.43. The van der Waals surface area contributed by atoms with Crippen molar-refractivity contribution in [2.24, 2.45) is 0 Å². The summed E-state index contributed by atoms with van der Waals surface area (Å²) in [6.45, 7) is 10.1. The number of likely N-dealkylation sites (tertiary alicyclic amines) is 1. The van der Waals surface area contributed by atoms with Crippen molar-refractivity contribution in [3.05, 3.63) is 58.9 Å². The van der Waals surface area contributed by atoms with Gasteiger partial charge in [0, 0.05) is 6.42 Å². The molecule has 1 aliphatic carbocycles. The molecule has 1 aromatic rings. The summed E-state index contributed by atoms with van der Waals surface area (Å²) in [5.41, 5.74) is 5.63. The van der Waals surface area contributed by atoms with Gasteiger partial charge in [-0.1, -0.05) is 42.8 Å². The summed E-state index contributed by atoms with van der Waals surface area (Å²) in [7, 11) is 1.84. The Bertz CT molecular complexity index is 635. The quantitative estimate of drug-likeness (QED) is 0.427. The zero-order valence-corrected chi connectivity index (χ0v) is 17.4. The monoisotopic (exact) mass is 367 g/mol. The van der Waals surface area contributed by atoms with E-state index in [0.29, 0.717) is 0 Å². The molecule has 2 nitrogen and oxygen atoms in total. The molecule has 2 fully saturated rings. The van der Waals surface area contributed by atoms with Gasteiger partial charge in [-0.25, -0.2) is 0 Å². The molecule has 0 bridgehead atoms. The highest BCUT2D eigenvalue weighted by molar-refractivity contribution is 5.32. The molecule has 1 aromatic carbocycles. The Morgan fingerprint density at radius 1 is 1.07 bits per heavy atom. The van der Waals surface area contributed by atoms with E-state index in [9.17, 15) is 0 Å². The van der Waals surface area contributed by atoms with Crippen LogP contribution in [0.4, 0.5) is 0 Å². The van der Waals surface area contributed by atoms with Crippen LogP contribution in [-0.2, 0) is 4.74 Å². The molecule has 1 saturated carbocycles. The van der Waals surface area contributed by atoms with Gasteiger partial charge in [0.2, 0.25) is 0 Å². The predicted octanol–water partition coefficient (Wildman–Crippen LogP) is 6.38. The third kappa shape index (κ3) is 5.72. The van der Waals surface area contributed by atoms with Gasteiger partial charge in [0.1, 0.15) is 0 Å². The highest BCUT2D eigenvalue weighted by Gasteiger charge is 2.20. The molecular weight excluding hydrogens is 330 g/mol. The van der Waals surface area contributed by atoms with Crippen LogP contribution in [0.3, 0.4) is 0 Å². The van der Waals surface area contributed by atoms with E-state index in [1.54, 1.807) is 0 Å². The van der Waals surface area contributed by atoms with Crippen molar-refractivity contribution in [2.45, 2.75) is 70.6 Å². The fourth-order valence-corrected chi connectivity index (χ4v) is 4.65. The maximum atomic E-state index is 5.79. The van der Waals surface area contributed by atoms with Crippen molar-refractivity contribution in [1.82, 2.24) is 4.90 Å². The zero-order chi connectivity index (χ0) is 19.1. The van der Waals surface area contributed by atoms with Crippen LogP contribution in [0.15, 0.2) is 47.7 Å². The molecule has 1 saturated heterocycles. The van der Waals surface area contributed by atoms with E-state index in [-0.39, 0.29) is 0 Å². The lowest BCUT2D eigenvalue weighted by Crippen LogP contribution is -2.33. The SMILES string of the molecule is C=C1CCCCC/C1=C(\CCCN1CCC(c2ccc(C)cc2)CC1)OC. The predicted molar refractivity (Wildman–Crippen MR) is 115 cm³/mol. The van der Waals surface area contributed by atoms with Crippen molar-refractivity contribution in [3.8, 4) is 0 Å². The fourth-order valence-electron chi connectivity index (χ4n) is 4.65. The molecule has 0 spiro atoms. The summed E-state index contributed by atoms with van der Waals surface area (Å²) in [5.74, 6) is 1.95. The zero-order valence-electron chi connectivity index (χ0n) is 17.4. The average molecular weight is 368 g/mol. The smallest absolute Gasteiger partial charge is 0.0990 e. The molecule has 2 aliphatic rings. The van der Waals surface area contributed by atoms with Gasteiger partial charge in [0.25, 0.3) is 0 Å². The van der Waals surface area contributed by atoms with Gasteiger partial charge in [-0.3, -0.25) is 0 Å². The van der Waals surface area contributed by atoms with Gasteiger partial charge in [-0.15, -0.1) is 0 Å². The minimum absolute atomic E-state index is 0.743. The van der Waals surface area contributed by atoms with Crippen molar-refractivity contribution in [1.29, 1.82) is 0 Å². The molecule has 27 heavy (non-hydrogen) atoms. The Morgan fingerprint density at radius 3 is 2.48 bits per heavy atom. The van der Waals surface area contributed by atoms with Crippen molar-refractivity contribution >= 4 is 0 Å². The van der Waals surface area contributed by atoms with E-state index in [1.807, 2.05) is 7.11 Å². The first-order valence-corrected chi connectivity index (χ1v) is 10.9. The molecule has 1 heterocycles. The molecule has 0 N–H and O–H groups in total. The molecule has 3 rings (SSSR count). The van der Waals surface area contributed by atoms with Crippen LogP contribution in [0.5, 0.6) is 0 Å². The second-order valence-corrected chi connectivity index (χ2v) is 8.40. The molecule has 0 atom stereocenters. The van der Waals surface area contributed by atoms with Gasteiger partial charge in [-0.05, 0) is 94.1 Å².